The summed E-state index contributed by atoms with van der Waals surface area (Å²) < 4.78 is 5.66. The number of benzene rings is 1. The third-order valence-electron chi connectivity index (χ3n) is 4.59. The minimum absolute atomic E-state index is 0.144. The fourth-order valence-electron chi connectivity index (χ4n) is 2.98. The number of carbonyl (C=O) groups excluding carboxylic acids is 4. The molecule has 0 aliphatic carbocycles. The molecule has 3 heterocycles. The lowest BCUT2D eigenvalue weighted by Crippen LogP contribution is -2.50. The predicted molar refractivity (Wildman–Crippen MR) is 117 cm³/mol. The number of anilines is 2. The van der Waals surface area contributed by atoms with Gasteiger partial charge < -0.3 is 9.73 Å². The van der Waals surface area contributed by atoms with E-state index >= 15 is 0 Å². The molecule has 10 nitrogen and oxygen atoms in total. The lowest BCUT2D eigenvalue weighted by molar-refractivity contribution is -0.130. The maximum absolute atomic E-state index is 12.6. The first-order valence-corrected chi connectivity index (χ1v) is 10.6. The average molecular weight is 453 g/mol. The van der Waals surface area contributed by atoms with Gasteiger partial charge in [0.05, 0.1) is 12.2 Å². The van der Waals surface area contributed by atoms with Crippen molar-refractivity contribution in [2.45, 2.75) is 26.3 Å². The number of furan rings is 1. The fraction of sp³-hybridized carbons (Fsp3) is 0.190. The molecule has 0 bridgehead atoms. The van der Waals surface area contributed by atoms with Gasteiger partial charge in [-0.3, -0.25) is 29.9 Å². The zero-order valence-corrected chi connectivity index (χ0v) is 17.8. The Morgan fingerprint density at radius 3 is 2.69 bits per heavy atom. The summed E-state index contributed by atoms with van der Waals surface area (Å²) in [6.07, 6.45) is 0.311. The first-order chi connectivity index (χ1) is 15.4. The number of carbonyl (C=O) groups is 4. The third-order valence-corrected chi connectivity index (χ3v) is 5.35. The molecule has 11 heteroatoms. The van der Waals surface area contributed by atoms with Crippen molar-refractivity contribution in [1.82, 2.24) is 15.7 Å². The van der Waals surface area contributed by atoms with E-state index in [2.05, 4.69) is 21.0 Å². The van der Waals surface area contributed by atoms with Crippen LogP contribution in [-0.2, 0) is 20.9 Å². The van der Waals surface area contributed by atoms with Crippen molar-refractivity contribution in [2.75, 3.05) is 10.3 Å². The lowest BCUT2D eigenvalue weighted by Gasteiger charge is -2.27. The first-order valence-electron chi connectivity index (χ1n) is 9.72. The third kappa shape index (κ3) is 4.83. The van der Waals surface area contributed by atoms with Gasteiger partial charge in [-0.05, 0) is 36.4 Å². The molecule has 3 N–H and O–H groups in total. The Labute approximate surface area is 186 Å². The van der Waals surface area contributed by atoms with Gasteiger partial charge in [-0.1, -0.05) is 0 Å². The molecule has 0 radical (unpaired) electrons. The summed E-state index contributed by atoms with van der Waals surface area (Å²) >= 11 is 1.25. The number of nitrogens with zero attached hydrogens (tertiary/aromatic N) is 2. The van der Waals surface area contributed by atoms with Crippen LogP contribution in [0.25, 0.3) is 11.5 Å². The highest BCUT2D eigenvalue weighted by atomic mass is 32.1. The van der Waals surface area contributed by atoms with Crippen molar-refractivity contribution >= 4 is 45.8 Å². The summed E-state index contributed by atoms with van der Waals surface area (Å²) in [5, 5.41) is 8.72. The number of amides is 4. The Bertz CT molecular complexity index is 1180. The van der Waals surface area contributed by atoms with Crippen LogP contribution in [0.5, 0.6) is 0 Å². The maximum atomic E-state index is 12.6. The molecule has 1 aromatic carbocycles. The number of hydrazine groups is 1. The van der Waals surface area contributed by atoms with E-state index in [0.717, 1.165) is 0 Å². The molecule has 1 fully saturated rings. The van der Waals surface area contributed by atoms with Crippen LogP contribution >= 0.6 is 11.3 Å². The minimum atomic E-state index is -0.364. The van der Waals surface area contributed by atoms with Gasteiger partial charge in [0.2, 0.25) is 17.7 Å². The van der Waals surface area contributed by atoms with E-state index < -0.39 is 0 Å². The van der Waals surface area contributed by atoms with Crippen LogP contribution in [0.1, 0.15) is 35.9 Å². The van der Waals surface area contributed by atoms with Crippen molar-refractivity contribution in [3.05, 3.63) is 53.1 Å². The Kier molecular flexibility index (Phi) is 5.99. The van der Waals surface area contributed by atoms with E-state index in [9.17, 15) is 19.2 Å². The molecule has 0 saturated carbocycles. The molecule has 32 heavy (non-hydrogen) atoms. The fourth-order valence-corrected chi connectivity index (χ4v) is 3.68. The number of hydrogen-bond donors (Lipinski definition) is 3. The topological polar surface area (TPSA) is 134 Å². The second-order valence-electron chi connectivity index (χ2n) is 6.98. The predicted octanol–water partition coefficient (Wildman–Crippen LogP) is 2.45. The average Bonchev–Trinajstić information content (AvgIpc) is 3.43. The van der Waals surface area contributed by atoms with Gasteiger partial charge in [-0.2, -0.15) is 0 Å². The molecule has 1 aliphatic heterocycles. The SMILES string of the molecule is CC(=O)NCc1ccc(-c2csc(NC(=O)c3ccc(N4NC(=O)CCC4=O)cc3)n2)o1. The molecular formula is C21H19N5O5S. The molecule has 2 aromatic heterocycles. The molecule has 1 saturated heterocycles. The molecule has 1 aliphatic rings. The summed E-state index contributed by atoms with van der Waals surface area (Å²) in [6, 6.07) is 9.80. The van der Waals surface area contributed by atoms with Crippen molar-refractivity contribution in [2.24, 2.45) is 0 Å². The summed E-state index contributed by atoms with van der Waals surface area (Å²) in [5.74, 6) is 0.163. The first kappa shape index (κ1) is 21.2. The van der Waals surface area contributed by atoms with Crippen LogP contribution < -0.4 is 21.1 Å². The van der Waals surface area contributed by atoms with Gasteiger partial charge in [0, 0.05) is 30.7 Å². The van der Waals surface area contributed by atoms with Crippen LogP contribution in [0.3, 0.4) is 0 Å². The van der Waals surface area contributed by atoms with Crippen LogP contribution in [0.2, 0.25) is 0 Å². The van der Waals surface area contributed by atoms with Crippen molar-refractivity contribution < 1.29 is 23.6 Å². The Balaban J connectivity index is 1.39. The molecule has 0 unspecified atom stereocenters. The van der Waals surface area contributed by atoms with Crippen LogP contribution in [0.4, 0.5) is 10.8 Å². The zero-order valence-electron chi connectivity index (χ0n) is 17.0. The van der Waals surface area contributed by atoms with Gasteiger partial charge in [-0.25, -0.2) is 9.99 Å². The van der Waals surface area contributed by atoms with Gasteiger partial charge in [0.15, 0.2) is 10.9 Å². The highest BCUT2D eigenvalue weighted by Crippen LogP contribution is 2.27. The van der Waals surface area contributed by atoms with Crippen LogP contribution in [0.15, 0.2) is 46.2 Å². The largest absolute Gasteiger partial charge is 0.458 e. The van der Waals surface area contributed by atoms with Gasteiger partial charge in [0.1, 0.15) is 11.5 Å². The van der Waals surface area contributed by atoms with Gasteiger partial charge >= 0.3 is 0 Å². The smallest absolute Gasteiger partial charge is 0.257 e. The highest BCUT2D eigenvalue weighted by Gasteiger charge is 2.24. The van der Waals surface area contributed by atoms with E-state index in [1.165, 1.54) is 23.3 Å². The Morgan fingerprint density at radius 2 is 1.94 bits per heavy atom. The summed E-state index contributed by atoms with van der Waals surface area (Å²) in [6.45, 7) is 1.71. The number of hydrogen-bond acceptors (Lipinski definition) is 7. The normalized spacial score (nSPS) is 13.6. The van der Waals surface area contributed by atoms with Crippen LogP contribution in [0, 0.1) is 0 Å². The van der Waals surface area contributed by atoms with E-state index in [1.54, 1.807) is 41.8 Å². The maximum Gasteiger partial charge on any atom is 0.257 e. The lowest BCUT2D eigenvalue weighted by atomic mass is 10.1. The monoisotopic (exact) mass is 453 g/mol. The van der Waals surface area contributed by atoms with E-state index in [0.29, 0.717) is 33.6 Å². The summed E-state index contributed by atoms with van der Waals surface area (Å²) in [5.41, 5.74) is 3.92. The zero-order chi connectivity index (χ0) is 22.7. The Hall–Kier alpha value is -3.99. The standard InChI is InChI=1S/C21H19N5O5S/c1-12(27)22-10-15-6-7-17(31-15)16-11-32-21(23-16)24-20(30)13-2-4-14(5-3-13)26-19(29)9-8-18(28)25-26/h2-7,11H,8-10H2,1H3,(H,22,27)(H,25,28)(H,23,24,30). The molecule has 0 atom stereocenters. The van der Waals surface area contributed by atoms with Crippen LogP contribution in [-0.4, -0.2) is 28.6 Å². The van der Waals surface area contributed by atoms with Gasteiger partial charge in [-0.15, -0.1) is 11.3 Å². The number of thiazole rings is 1. The molecule has 4 amide bonds. The number of nitrogens with one attached hydrogen (secondary N) is 3. The minimum Gasteiger partial charge on any atom is -0.458 e. The van der Waals surface area contributed by atoms with Crippen molar-refractivity contribution in [1.29, 1.82) is 0 Å². The molecule has 4 rings (SSSR count). The second-order valence-corrected chi connectivity index (χ2v) is 7.84. The highest BCUT2D eigenvalue weighted by molar-refractivity contribution is 7.14. The Morgan fingerprint density at radius 1 is 1.16 bits per heavy atom. The molecule has 164 valence electrons. The van der Waals surface area contributed by atoms with Crippen molar-refractivity contribution in [3.8, 4) is 11.5 Å². The van der Waals surface area contributed by atoms with Gasteiger partial charge in [0.25, 0.3) is 5.91 Å². The molecule has 0 spiro atoms. The molecular weight excluding hydrogens is 434 g/mol. The summed E-state index contributed by atoms with van der Waals surface area (Å²) in [4.78, 5) is 51.5. The van der Waals surface area contributed by atoms with Crippen molar-refractivity contribution in [3.63, 3.8) is 0 Å². The number of aromatic nitrogens is 1. The molecule has 3 aromatic rings. The number of rotatable bonds is 6. The second kappa shape index (κ2) is 9.02. The van der Waals surface area contributed by atoms with E-state index in [4.69, 9.17) is 4.42 Å². The van der Waals surface area contributed by atoms with E-state index in [1.807, 2.05) is 0 Å². The summed E-state index contributed by atoms with van der Waals surface area (Å²) in [7, 11) is 0. The quantitative estimate of drug-likeness (QED) is 0.525. The van der Waals surface area contributed by atoms with E-state index in [-0.39, 0.29) is 43.0 Å².